The van der Waals surface area contributed by atoms with Gasteiger partial charge in [0.1, 0.15) is 5.82 Å². The molecule has 0 N–H and O–H groups in total. The van der Waals surface area contributed by atoms with Crippen LogP contribution in [0.1, 0.15) is 52.4 Å². The number of aromatic nitrogens is 4. The quantitative estimate of drug-likeness (QED) is 0.325. The number of piperidine rings is 1. The lowest BCUT2D eigenvalue weighted by atomic mass is 9.90. The minimum absolute atomic E-state index is 0.0140. The number of nitrogens with zero attached hydrogens (tertiary/aromatic N) is 7. The first kappa shape index (κ1) is 24.7. The highest BCUT2D eigenvalue weighted by atomic mass is 127. The summed E-state index contributed by atoms with van der Waals surface area (Å²) in [5, 5.41) is 13.4. The van der Waals surface area contributed by atoms with Gasteiger partial charge in [0.15, 0.2) is 5.82 Å². The summed E-state index contributed by atoms with van der Waals surface area (Å²) in [6, 6.07) is 6.51. The molecular weight excluding hydrogens is 579 g/mol. The molecule has 0 radical (unpaired) electrons. The van der Waals surface area contributed by atoms with Crippen molar-refractivity contribution >= 4 is 28.5 Å². The van der Waals surface area contributed by atoms with E-state index in [1.807, 2.05) is 11.0 Å². The molecule has 1 atom stereocenters. The Bertz CT molecular complexity index is 1300. The highest BCUT2D eigenvalue weighted by Gasteiger charge is 2.33. The Morgan fingerprint density at radius 2 is 1.86 bits per heavy atom. The molecule has 8 nitrogen and oxygen atoms in total. The zero-order valence-electron chi connectivity index (χ0n) is 19.4. The number of carbonyl (C=O) groups is 1. The molecule has 2 aliphatic rings. The van der Waals surface area contributed by atoms with Crippen LogP contribution in [0.25, 0.3) is 5.95 Å². The average Bonchev–Trinajstić information content (AvgIpc) is 3.52. The molecule has 5 rings (SSSR count). The van der Waals surface area contributed by atoms with Crippen molar-refractivity contribution in [3.8, 4) is 12.0 Å². The summed E-state index contributed by atoms with van der Waals surface area (Å²) < 4.78 is 29.9. The van der Waals surface area contributed by atoms with E-state index in [4.69, 9.17) is 5.26 Å². The molecule has 2 aromatic heterocycles. The Labute approximate surface area is 221 Å². The molecule has 11 heteroatoms. The molecule has 1 amide bonds. The molecule has 2 fully saturated rings. The van der Waals surface area contributed by atoms with Crippen molar-refractivity contribution in [1.82, 2.24) is 29.5 Å². The van der Waals surface area contributed by atoms with E-state index in [0.717, 1.165) is 37.4 Å². The van der Waals surface area contributed by atoms with Gasteiger partial charge in [0.05, 0.1) is 41.5 Å². The Hall–Kier alpha value is -2.98. The minimum atomic E-state index is -0.544. The number of hydrogen-bond acceptors (Lipinski definition) is 6. The normalized spacial score (nSPS) is 18.9. The molecule has 4 heterocycles. The van der Waals surface area contributed by atoms with Gasteiger partial charge in [-0.2, -0.15) is 10.4 Å². The van der Waals surface area contributed by atoms with Gasteiger partial charge >= 0.3 is 0 Å². The number of amides is 1. The van der Waals surface area contributed by atoms with Gasteiger partial charge in [-0.1, -0.05) is 28.7 Å². The Morgan fingerprint density at radius 3 is 2.50 bits per heavy atom. The Morgan fingerprint density at radius 1 is 1.11 bits per heavy atom. The fourth-order valence-electron chi connectivity index (χ4n) is 4.91. The number of alkyl halides is 1. The van der Waals surface area contributed by atoms with Crippen molar-refractivity contribution in [2.24, 2.45) is 0 Å². The number of rotatable bonds is 5. The van der Waals surface area contributed by atoms with Crippen molar-refractivity contribution in [2.45, 2.75) is 35.6 Å². The summed E-state index contributed by atoms with van der Waals surface area (Å²) in [5.41, 5.74) is 2.13. The lowest BCUT2D eigenvalue weighted by Crippen LogP contribution is -2.35. The second-order valence-corrected chi connectivity index (χ2v) is 10.9. The SMILES string of the molecule is N#Cc1ccc(CN2CCC(c3c(C(=O)N4CC[C@H](I)C4)cnn3-c3ncc(F)cn3)CC2)c(F)c1. The van der Waals surface area contributed by atoms with Crippen LogP contribution in [0.2, 0.25) is 0 Å². The summed E-state index contributed by atoms with van der Waals surface area (Å²) >= 11 is 2.37. The Balaban J connectivity index is 1.38. The number of halogens is 3. The van der Waals surface area contributed by atoms with Crippen LogP contribution in [0.4, 0.5) is 8.78 Å². The monoisotopic (exact) mass is 603 g/mol. The first-order valence-electron chi connectivity index (χ1n) is 11.8. The molecule has 0 saturated carbocycles. The largest absolute Gasteiger partial charge is 0.337 e. The van der Waals surface area contributed by atoms with E-state index in [2.05, 4.69) is 42.6 Å². The molecular formula is C25H24F2IN7O. The van der Waals surface area contributed by atoms with Gasteiger partial charge in [-0.3, -0.25) is 9.69 Å². The second-order valence-electron chi connectivity index (χ2n) is 9.16. The van der Waals surface area contributed by atoms with Crippen molar-refractivity contribution < 1.29 is 13.6 Å². The van der Waals surface area contributed by atoms with Crippen LogP contribution in [0.3, 0.4) is 0 Å². The van der Waals surface area contributed by atoms with Gasteiger partial charge in [-0.05, 0) is 44.5 Å². The van der Waals surface area contributed by atoms with E-state index in [1.165, 1.54) is 6.07 Å². The first-order chi connectivity index (χ1) is 17.4. The summed E-state index contributed by atoms with van der Waals surface area (Å²) in [7, 11) is 0. The molecule has 0 bridgehead atoms. The lowest BCUT2D eigenvalue weighted by Gasteiger charge is -2.32. The third-order valence-electron chi connectivity index (χ3n) is 6.80. The van der Waals surface area contributed by atoms with E-state index >= 15 is 0 Å². The Kier molecular flexibility index (Phi) is 7.25. The molecule has 0 aliphatic carbocycles. The van der Waals surface area contributed by atoms with Crippen LogP contribution >= 0.6 is 22.6 Å². The molecule has 186 valence electrons. The predicted octanol–water partition coefficient (Wildman–Crippen LogP) is 3.84. The highest BCUT2D eigenvalue weighted by molar-refractivity contribution is 14.1. The fourth-order valence-corrected chi connectivity index (χ4v) is 5.67. The van der Waals surface area contributed by atoms with Crippen LogP contribution in [0.15, 0.2) is 36.8 Å². The molecule has 2 aliphatic heterocycles. The second kappa shape index (κ2) is 10.6. The third-order valence-corrected chi connectivity index (χ3v) is 7.82. The van der Waals surface area contributed by atoms with E-state index < -0.39 is 5.82 Å². The van der Waals surface area contributed by atoms with Gasteiger partial charge in [0, 0.05) is 35.0 Å². The highest BCUT2D eigenvalue weighted by Crippen LogP contribution is 2.33. The molecule has 36 heavy (non-hydrogen) atoms. The predicted molar refractivity (Wildman–Crippen MR) is 136 cm³/mol. The van der Waals surface area contributed by atoms with Crippen molar-refractivity contribution in [1.29, 1.82) is 5.26 Å². The van der Waals surface area contributed by atoms with Crippen LogP contribution in [-0.2, 0) is 6.54 Å². The van der Waals surface area contributed by atoms with Gasteiger partial charge in [0.2, 0.25) is 0 Å². The van der Waals surface area contributed by atoms with Crippen LogP contribution < -0.4 is 0 Å². The standard InChI is InChI=1S/C25H24F2IN7O/c26-19-11-30-25(31-12-19)35-23(21(13-32-35)24(36)34-8-5-20(28)15-34)17-3-6-33(7-4-17)14-18-2-1-16(10-29)9-22(18)27/h1-2,9,11-13,17,20H,3-8,14-15H2/t20-/m0/s1. The molecule has 1 aromatic carbocycles. The molecule has 2 saturated heterocycles. The molecule has 0 unspecified atom stereocenters. The number of nitriles is 1. The van der Waals surface area contributed by atoms with E-state index in [1.54, 1.807) is 23.0 Å². The van der Waals surface area contributed by atoms with E-state index in [9.17, 15) is 13.6 Å². The fraction of sp³-hybridized carbons (Fsp3) is 0.400. The first-order valence-corrected chi connectivity index (χ1v) is 13.1. The number of likely N-dealkylation sites (tertiary alicyclic amines) is 2. The van der Waals surface area contributed by atoms with Gasteiger partial charge in [0.25, 0.3) is 11.9 Å². The smallest absolute Gasteiger partial charge is 0.257 e. The van der Waals surface area contributed by atoms with Gasteiger partial charge in [-0.25, -0.2) is 23.4 Å². The maximum absolute atomic E-state index is 14.4. The number of hydrogen-bond donors (Lipinski definition) is 0. The maximum atomic E-state index is 14.4. The summed E-state index contributed by atoms with van der Waals surface area (Å²) in [6.45, 7) is 3.26. The maximum Gasteiger partial charge on any atom is 0.257 e. The summed E-state index contributed by atoms with van der Waals surface area (Å²) in [4.78, 5) is 25.7. The van der Waals surface area contributed by atoms with Gasteiger partial charge in [-0.15, -0.1) is 0 Å². The minimum Gasteiger partial charge on any atom is -0.337 e. The van der Waals surface area contributed by atoms with Crippen LogP contribution in [0, 0.1) is 23.0 Å². The van der Waals surface area contributed by atoms with Crippen molar-refractivity contribution in [3.63, 3.8) is 0 Å². The lowest BCUT2D eigenvalue weighted by molar-refractivity contribution is 0.0791. The molecule has 3 aromatic rings. The van der Waals surface area contributed by atoms with Crippen molar-refractivity contribution in [2.75, 3.05) is 26.2 Å². The number of benzene rings is 1. The van der Waals surface area contributed by atoms with Crippen LogP contribution in [0.5, 0.6) is 0 Å². The molecule has 0 spiro atoms. The van der Waals surface area contributed by atoms with Gasteiger partial charge < -0.3 is 4.90 Å². The van der Waals surface area contributed by atoms with E-state index in [0.29, 0.717) is 53.3 Å². The zero-order chi connectivity index (χ0) is 25.2. The summed E-state index contributed by atoms with van der Waals surface area (Å²) in [6.07, 6.45) is 6.18. The zero-order valence-corrected chi connectivity index (χ0v) is 21.6. The number of carbonyl (C=O) groups excluding carboxylic acids is 1. The van der Waals surface area contributed by atoms with Crippen molar-refractivity contribution in [3.05, 3.63) is 70.8 Å². The summed E-state index contributed by atoms with van der Waals surface area (Å²) in [5.74, 6) is -0.743. The third kappa shape index (κ3) is 5.10. The van der Waals surface area contributed by atoms with Crippen LogP contribution in [-0.4, -0.2) is 65.6 Å². The van der Waals surface area contributed by atoms with E-state index in [-0.39, 0.29) is 23.6 Å². The average molecular weight is 603 g/mol. The topological polar surface area (TPSA) is 90.9 Å².